The molecule has 29 heavy (non-hydrogen) atoms. The third-order valence-corrected chi connectivity index (χ3v) is 6.20. The van der Waals surface area contributed by atoms with Crippen molar-refractivity contribution in [3.05, 3.63) is 86.9 Å². The fourth-order valence-electron chi connectivity index (χ4n) is 2.52. The first-order chi connectivity index (χ1) is 13.7. The van der Waals surface area contributed by atoms with Crippen LogP contribution in [-0.2, 0) is 10.0 Å². The summed E-state index contributed by atoms with van der Waals surface area (Å²) in [5.41, 5.74) is 1.73. The third-order valence-electron chi connectivity index (χ3n) is 4.04. The minimum Gasteiger partial charge on any atom is -0.322 e. The maximum atomic E-state index is 12.7. The van der Waals surface area contributed by atoms with Crippen LogP contribution in [0.25, 0.3) is 0 Å². The topological polar surface area (TPSA) is 75.3 Å². The highest BCUT2D eigenvalue weighted by molar-refractivity contribution is 7.92. The van der Waals surface area contributed by atoms with Crippen LogP contribution in [0.5, 0.6) is 0 Å². The smallest absolute Gasteiger partial charge is 0.261 e. The molecular weight excluding hydrogens is 455 g/mol. The molecule has 150 valence electrons. The number of sulfonamides is 1. The van der Waals surface area contributed by atoms with Crippen molar-refractivity contribution in [1.29, 1.82) is 0 Å². The number of hydrogen-bond donors (Lipinski definition) is 2. The second-order valence-corrected chi connectivity index (χ2v) is 9.13. The van der Waals surface area contributed by atoms with E-state index in [1.54, 1.807) is 31.2 Å². The van der Waals surface area contributed by atoms with Crippen LogP contribution in [0.15, 0.2) is 65.6 Å². The quantitative estimate of drug-likeness (QED) is 0.480. The fourth-order valence-corrected chi connectivity index (χ4v) is 4.32. The molecule has 3 aromatic carbocycles. The number of amides is 1. The molecule has 0 aliphatic rings. The van der Waals surface area contributed by atoms with Crippen LogP contribution >= 0.6 is 34.8 Å². The summed E-state index contributed by atoms with van der Waals surface area (Å²) in [5.74, 6) is -0.327. The van der Waals surface area contributed by atoms with Crippen LogP contribution in [0, 0.1) is 6.92 Å². The third kappa shape index (κ3) is 5.22. The van der Waals surface area contributed by atoms with Gasteiger partial charge in [0, 0.05) is 21.3 Å². The first-order valence-electron chi connectivity index (χ1n) is 8.31. The summed E-state index contributed by atoms with van der Waals surface area (Å²) in [6.45, 7) is 1.70. The lowest BCUT2D eigenvalue weighted by Gasteiger charge is -2.13. The average molecular weight is 470 g/mol. The number of hydrogen-bond acceptors (Lipinski definition) is 3. The molecule has 0 bridgehead atoms. The van der Waals surface area contributed by atoms with E-state index in [1.807, 2.05) is 0 Å². The lowest BCUT2D eigenvalue weighted by Crippen LogP contribution is -2.15. The van der Waals surface area contributed by atoms with E-state index in [1.165, 1.54) is 36.4 Å². The molecule has 0 aliphatic carbocycles. The Morgan fingerprint density at radius 2 is 1.45 bits per heavy atom. The summed E-state index contributed by atoms with van der Waals surface area (Å²) < 4.78 is 27.8. The highest BCUT2D eigenvalue weighted by Crippen LogP contribution is 2.28. The molecule has 0 heterocycles. The molecule has 5 nitrogen and oxygen atoms in total. The minimum absolute atomic E-state index is 0.0329. The first-order valence-corrected chi connectivity index (χ1v) is 10.9. The van der Waals surface area contributed by atoms with Crippen LogP contribution in [-0.4, -0.2) is 14.3 Å². The van der Waals surface area contributed by atoms with Gasteiger partial charge in [-0.05, 0) is 73.2 Å². The van der Waals surface area contributed by atoms with Crippen LogP contribution in [0.3, 0.4) is 0 Å². The predicted octanol–water partition coefficient (Wildman–Crippen LogP) is 6.01. The Hall–Kier alpha value is -2.25. The zero-order chi connectivity index (χ0) is 21.2. The summed E-state index contributed by atoms with van der Waals surface area (Å²) >= 11 is 17.7. The summed E-state index contributed by atoms with van der Waals surface area (Å²) in [6, 6.07) is 15.3. The Morgan fingerprint density at radius 1 is 0.828 bits per heavy atom. The van der Waals surface area contributed by atoms with Crippen LogP contribution in [0.4, 0.5) is 11.4 Å². The molecule has 0 unspecified atom stereocenters. The van der Waals surface area contributed by atoms with Crippen molar-refractivity contribution in [2.75, 3.05) is 10.0 Å². The number of halogens is 3. The molecule has 0 radical (unpaired) electrons. The van der Waals surface area contributed by atoms with E-state index in [4.69, 9.17) is 34.8 Å². The standard InChI is InChI=1S/C20H15Cl3N2O3S/c1-12-10-16(29(27,28)25-19-8-6-15(22)11-17(19)23)7-9-18(12)24-20(26)13-2-4-14(21)5-3-13/h2-11,25H,1H3,(H,24,26). The van der Waals surface area contributed by atoms with E-state index in [2.05, 4.69) is 10.0 Å². The van der Waals surface area contributed by atoms with Gasteiger partial charge in [-0.2, -0.15) is 0 Å². The number of nitrogens with one attached hydrogen (secondary N) is 2. The van der Waals surface area contributed by atoms with E-state index in [0.717, 1.165) is 0 Å². The maximum Gasteiger partial charge on any atom is 0.261 e. The van der Waals surface area contributed by atoms with Gasteiger partial charge in [0.25, 0.3) is 15.9 Å². The van der Waals surface area contributed by atoms with Crippen molar-refractivity contribution in [3.63, 3.8) is 0 Å². The molecular formula is C20H15Cl3N2O3S. The maximum absolute atomic E-state index is 12.7. The number of carbonyl (C=O) groups excluding carboxylic acids is 1. The lowest BCUT2D eigenvalue weighted by molar-refractivity contribution is 0.102. The summed E-state index contributed by atoms with van der Waals surface area (Å²) in [5, 5.41) is 3.87. The van der Waals surface area contributed by atoms with Crippen molar-refractivity contribution >= 4 is 62.1 Å². The Balaban J connectivity index is 1.80. The Kier molecular flexibility index (Phi) is 6.39. The van der Waals surface area contributed by atoms with Gasteiger partial charge < -0.3 is 5.32 Å². The van der Waals surface area contributed by atoms with Crippen LogP contribution in [0.2, 0.25) is 15.1 Å². The molecule has 0 spiro atoms. The molecule has 1 amide bonds. The number of benzene rings is 3. The molecule has 3 aromatic rings. The molecule has 0 aliphatic heterocycles. The summed E-state index contributed by atoms with van der Waals surface area (Å²) in [6.07, 6.45) is 0. The molecule has 0 saturated carbocycles. The van der Waals surface area contributed by atoms with Gasteiger partial charge >= 0.3 is 0 Å². The molecule has 0 fully saturated rings. The van der Waals surface area contributed by atoms with Crippen molar-refractivity contribution in [2.45, 2.75) is 11.8 Å². The monoisotopic (exact) mass is 468 g/mol. The predicted molar refractivity (Wildman–Crippen MR) is 118 cm³/mol. The van der Waals surface area contributed by atoms with Crippen molar-refractivity contribution in [1.82, 2.24) is 0 Å². The van der Waals surface area contributed by atoms with E-state index in [-0.39, 0.29) is 21.5 Å². The van der Waals surface area contributed by atoms with Crippen molar-refractivity contribution < 1.29 is 13.2 Å². The highest BCUT2D eigenvalue weighted by atomic mass is 35.5. The molecule has 0 aromatic heterocycles. The summed E-state index contributed by atoms with van der Waals surface area (Å²) in [7, 11) is -3.88. The Bertz CT molecular complexity index is 1180. The van der Waals surface area contributed by atoms with E-state index in [0.29, 0.717) is 26.9 Å². The molecule has 3 rings (SSSR count). The largest absolute Gasteiger partial charge is 0.322 e. The number of carbonyl (C=O) groups is 1. The minimum atomic E-state index is -3.88. The van der Waals surface area contributed by atoms with Gasteiger partial charge in [-0.25, -0.2) is 8.42 Å². The zero-order valence-corrected chi connectivity index (χ0v) is 18.1. The van der Waals surface area contributed by atoms with Crippen molar-refractivity contribution in [2.24, 2.45) is 0 Å². The van der Waals surface area contributed by atoms with Gasteiger partial charge in [0.05, 0.1) is 15.6 Å². The summed E-state index contributed by atoms with van der Waals surface area (Å²) in [4.78, 5) is 12.4. The number of anilines is 2. The molecule has 9 heteroatoms. The lowest BCUT2D eigenvalue weighted by atomic mass is 10.1. The normalized spacial score (nSPS) is 11.2. The first kappa shape index (κ1) is 21.5. The van der Waals surface area contributed by atoms with E-state index >= 15 is 0 Å². The molecule has 0 saturated heterocycles. The van der Waals surface area contributed by atoms with Gasteiger partial charge in [-0.1, -0.05) is 34.8 Å². The number of aryl methyl sites for hydroxylation is 1. The number of rotatable bonds is 5. The Morgan fingerprint density at radius 3 is 2.07 bits per heavy atom. The van der Waals surface area contributed by atoms with E-state index in [9.17, 15) is 13.2 Å². The van der Waals surface area contributed by atoms with E-state index < -0.39 is 10.0 Å². The van der Waals surface area contributed by atoms with Crippen LogP contribution in [0.1, 0.15) is 15.9 Å². The average Bonchev–Trinajstić information content (AvgIpc) is 2.66. The zero-order valence-electron chi connectivity index (χ0n) is 15.0. The van der Waals surface area contributed by atoms with Gasteiger partial charge in [-0.3, -0.25) is 9.52 Å². The van der Waals surface area contributed by atoms with Gasteiger partial charge in [0.2, 0.25) is 0 Å². The van der Waals surface area contributed by atoms with Gasteiger partial charge in [0.1, 0.15) is 0 Å². The van der Waals surface area contributed by atoms with Gasteiger partial charge in [-0.15, -0.1) is 0 Å². The molecule has 2 N–H and O–H groups in total. The van der Waals surface area contributed by atoms with Crippen molar-refractivity contribution in [3.8, 4) is 0 Å². The Labute approximate surface area is 183 Å². The highest BCUT2D eigenvalue weighted by Gasteiger charge is 2.18. The molecule has 0 atom stereocenters. The fraction of sp³-hybridized carbons (Fsp3) is 0.0500. The van der Waals surface area contributed by atoms with Crippen LogP contribution < -0.4 is 10.0 Å². The second-order valence-electron chi connectivity index (χ2n) is 6.17. The second kappa shape index (κ2) is 8.63. The SMILES string of the molecule is Cc1cc(S(=O)(=O)Nc2ccc(Cl)cc2Cl)ccc1NC(=O)c1ccc(Cl)cc1. The van der Waals surface area contributed by atoms with Gasteiger partial charge in [0.15, 0.2) is 0 Å².